The van der Waals surface area contributed by atoms with E-state index >= 15 is 0 Å². The van der Waals surface area contributed by atoms with E-state index in [9.17, 15) is 5.11 Å². The number of aryl methyl sites for hydroxylation is 1. The standard InChI is InChI=1S/C23H26N4O2S/c1-15-14-19(16(2)26(15)12-13-29-3)22-21(20-6-4-5-11-24-20)25-23(30)27(22)17-7-9-18(28)10-8-17/h4-11,14,21-22,28H,12-13H2,1-3H3,(H,25,30)/t21-,22+/m0/s1. The van der Waals surface area contributed by atoms with Gasteiger partial charge in [-0.1, -0.05) is 6.07 Å². The number of hydrogen-bond donors (Lipinski definition) is 2. The fraction of sp³-hybridized carbons (Fsp3) is 0.304. The molecule has 4 rings (SSSR count). The molecule has 7 heteroatoms. The lowest BCUT2D eigenvalue weighted by Crippen LogP contribution is -2.29. The third kappa shape index (κ3) is 3.66. The number of phenolic OH excluding ortho intramolecular Hbond substituents is 1. The zero-order valence-electron chi connectivity index (χ0n) is 17.4. The summed E-state index contributed by atoms with van der Waals surface area (Å²) in [5, 5.41) is 13.9. The molecule has 0 spiro atoms. The minimum atomic E-state index is -0.0936. The van der Waals surface area contributed by atoms with Crippen LogP contribution in [0.4, 0.5) is 5.69 Å². The molecule has 156 valence electrons. The third-order valence-electron chi connectivity index (χ3n) is 5.68. The van der Waals surface area contributed by atoms with Crippen LogP contribution in [0.15, 0.2) is 54.7 Å². The minimum absolute atomic E-state index is 0.0700. The van der Waals surface area contributed by atoms with Gasteiger partial charge in [0, 0.05) is 36.9 Å². The molecule has 0 unspecified atom stereocenters. The molecule has 0 amide bonds. The molecule has 6 nitrogen and oxygen atoms in total. The first-order valence-corrected chi connectivity index (χ1v) is 10.4. The number of ether oxygens (including phenoxy) is 1. The molecule has 1 fully saturated rings. The number of nitrogens with zero attached hydrogens (tertiary/aromatic N) is 3. The maximum atomic E-state index is 9.75. The van der Waals surface area contributed by atoms with Gasteiger partial charge in [0.1, 0.15) is 5.75 Å². The molecule has 1 aliphatic heterocycles. The molecule has 2 aromatic heterocycles. The maximum Gasteiger partial charge on any atom is 0.174 e. The molecule has 0 radical (unpaired) electrons. The monoisotopic (exact) mass is 422 g/mol. The summed E-state index contributed by atoms with van der Waals surface area (Å²) < 4.78 is 7.58. The molecule has 0 aliphatic carbocycles. The van der Waals surface area contributed by atoms with E-state index in [2.05, 4.69) is 39.7 Å². The zero-order valence-corrected chi connectivity index (χ0v) is 18.2. The molecule has 30 heavy (non-hydrogen) atoms. The van der Waals surface area contributed by atoms with Crippen LogP contribution in [0, 0.1) is 13.8 Å². The van der Waals surface area contributed by atoms with Crippen LogP contribution in [-0.2, 0) is 11.3 Å². The first-order valence-electron chi connectivity index (χ1n) is 9.96. The Hall–Kier alpha value is -2.90. The van der Waals surface area contributed by atoms with Crippen LogP contribution in [0.25, 0.3) is 0 Å². The lowest BCUT2D eigenvalue weighted by Gasteiger charge is -2.28. The molecule has 0 saturated carbocycles. The normalized spacial score (nSPS) is 18.6. The average molecular weight is 423 g/mol. The summed E-state index contributed by atoms with van der Waals surface area (Å²) in [6.07, 6.45) is 1.81. The Morgan fingerprint density at radius 1 is 1.17 bits per heavy atom. The van der Waals surface area contributed by atoms with Gasteiger partial charge in [0.2, 0.25) is 0 Å². The summed E-state index contributed by atoms with van der Waals surface area (Å²) in [4.78, 5) is 6.73. The fourth-order valence-corrected chi connectivity index (χ4v) is 4.56. The Morgan fingerprint density at radius 2 is 1.93 bits per heavy atom. The van der Waals surface area contributed by atoms with E-state index in [1.165, 1.54) is 17.0 Å². The molecule has 0 bridgehead atoms. The Bertz CT molecular complexity index is 1030. The van der Waals surface area contributed by atoms with Gasteiger partial charge in [-0.25, -0.2) is 0 Å². The number of anilines is 1. The van der Waals surface area contributed by atoms with Gasteiger partial charge in [-0.15, -0.1) is 0 Å². The number of rotatable bonds is 6. The Labute approximate surface area is 182 Å². The highest BCUT2D eigenvalue weighted by molar-refractivity contribution is 7.80. The molecule has 2 N–H and O–H groups in total. The number of hydrogen-bond acceptors (Lipinski definition) is 4. The van der Waals surface area contributed by atoms with Crippen LogP contribution in [0.2, 0.25) is 0 Å². The van der Waals surface area contributed by atoms with Gasteiger partial charge < -0.3 is 24.6 Å². The van der Waals surface area contributed by atoms with Crippen molar-refractivity contribution < 1.29 is 9.84 Å². The van der Waals surface area contributed by atoms with Crippen molar-refractivity contribution >= 4 is 23.0 Å². The lowest BCUT2D eigenvalue weighted by molar-refractivity contribution is 0.186. The lowest BCUT2D eigenvalue weighted by atomic mass is 9.96. The van der Waals surface area contributed by atoms with E-state index in [-0.39, 0.29) is 17.8 Å². The maximum absolute atomic E-state index is 9.75. The van der Waals surface area contributed by atoms with Gasteiger partial charge in [-0.05, 0) is 74.1 Å². The zero-order chi connectivity index (χ0) is 21.3. The van der Waals surface area contributed by atoms with E-state index in [0.717, 1.165) is 17.9 Å². The second kappa shape index (κ2) is 8.45. The van der Waals surface area contributed by atoms with Crippen molar-refractivity contribution in [2.75, 3.05) is 18.6 Å². The SMILES string of the molecule is COCCn1c(C)cc([C@@H]2[C@H](c3ccccn3)NC(=S)N2c2ccc(O)cc2)c1C. The molecule has 1 saturated heterocycles. The summed E-state index contributed by atoms with van der Waals surface area (Å²) in [5.74, 6) is 0.229. The number of benzene rings is 1. The van der Waals surface area contributed by atoms with Crippen LogP contribution >= 0.6 is 12.2 Å². The van der Waals surface area contributed by atoms with E-state index in [0.29, 0.717) is 11.7 Å². The van der Waals surface area contributed by atoms with Crippen LogP contribution in [0.1, 0.15) is 34.7 Å². The summed E-state index contributed by atoms with van der Waals surface area (Å²) in [6.45, 7) is 5.71. The summed E-state index contributed by atoms with van der Waals surface area (Å²) in [5.41, 5.74) is 5.43. The van der Waals surface area contributed by atoms with Gasteiger partial charge >= 0.3 is 0 Å². The van der Waals surface area contributed by atoms with E-state index in [4.69, 9.17) is 17.0 Å². The van der Waals surface area contributed by atoms with E-state index in [1.807, 2.05) is 36.5 Å². The van der Waals surface area contributed by atoms with Gasteiger partial charge in [0.15, 0.2) is 5.11 Å². The highest BCUT2D eigenvalue weighted by atomic mass is 32.1. The second-order valence-corrected chi connectivity index (χ2v) is 7.87. The van der Waals surface area contributed by atoms with Gasteiger partial charge in [-0.2, -0.15) is 0 Å². The van der Waals surface area contributed by atoms with Gasteiger partial charge in [0.25, 0.3) is 0 Å². The molecular weight excluding hydrogens is 396 g/mol. The van der Waals surface area contributed by atoms with Crippen molar-refractivity contribution in [3.8, 4) is 5.75 Å². The summed E-state index contributed by atoms with van der Waals surface area (Å²) in [6, 6.07) is 15.2. The van der Waals surface area contributed by atoms with E-state index < -0.39 is 0 Å². The molecular formula is C23H26N4O2S. The fourth-order valence-electron chi connectivity index (χ4n) is 4.22. The van der Waals surface area contributed by atoms with Crippen molar-refractivity contribution in [1.29, 1.82) is 0 Å². The van der Waals surface area contributed by atoms with Crippen LogP contribution < -0.4 is 10.2 Å². The number of phenols is 1. The molecule has 1 aliphatic rings. The Balaban J connectivity index is 1.83. The molecule has 1 aromatic carbocycles. The van der Waals surface area contributed by atoms with Crippen molar-refractivity contribution in [3.05, 3.63) is 77.4 Å². The van der Waals surface area contributed by atoms with Gasteiger partial charge in [-0.3, -0.25) is 4.98 Å². The number of nitrogens with one attached hydrogen (secondary N) is 1. The number of pyridine rings is 1. The van der Waals surface area contributed by atoms with Crippen molar-refractivity contribution in [1.82, 2.24) is 14.9 Å². The average Bonchev–Trinajstić information content (AvgIpc) is 3.23. The minimum Gasteiger partial charge on any atom is -0.508 e. The highest BCUT2D eigenvalue weighted by Crippen LogP contribution is 2.43. The number of aromatic nitrogens is 2. The number of methoxy groups -OCH3 is 1. The number of aromatic hydroxyl groups is 1. The molecule has 3 aromatic rings. The van der Waals surface area contributed by atoms with Crippen molar-refractivity contribution in [2.24, 2.45) is 0 Å². The predicted octanol–water partition coefficient (Wildman–Crippen LogP) is 4.03. The Kier molecular flexibility index (Phi) is 5.74. The number of thiocarbonyl (C=S) groups is 1. The quantitative estimate of drug-likeness (QED) is 0.585. The van der Waals surface area contributed by atoms with Crippen molar-refractivity contribution in [3.63, 3.8) is 0 Å². The van der Waals surface area contributed by atoms with Crippen LogP contribution in [0.5, 0.6) is 5.75 Å². The smallest absolute Gasteiger partial charge is 0.174 e. The van der Waals surface area contributed by atoms with Crippen LogP contribution in [-0.4, -0.2) is 33.5 Å². The summed E-state index contributed by atoms with van der Waals surface area (Å²) >= 11 is 5.76. The Morgan fingerprint density at radius 3 is 2.60 bits per heavy atom. The van der Waals surface area contributed by atoms with Crippen molar-refractivity contribution in [2.45, 2.75) is 32.5 Å². The van der Waals surface area contributed by atoms with Crippen LogP contribution in [0.3, 0.4) is 0 Å². The second-order valence-electron chi connectivity index (χ2n) is 7.48. The molecule has 2 atom stereocenters. The molecule has 3 heterocycles. The van der Waals surface area contributed by atoms with E-state index in [1.54, 1.807) is 19.2 Å². The van der Waals surface area contributed by atoms with Gasteiger partial charge in [0.05, 0.1) is 24.4 Å². The summed E-state index contributed by atoms with van der Waals surface area (Å²) in [7, 11) is 1.72. The highest BCUT2D eigenvalue weighted by Gasteiger charge is 2.42. The first kappa shape index (κ1) is 20.4. The first-order chi connectivity index (χ1) is 14.5. The largest absolute Gasteiger partial charge is 0.508 e. The topological polar surface area (TPSA) is 62.5 Å². The third-order valence-corrected chi connectivity index (χ3v) is 5.99. The predicted molar refractivity (Wildman–Crippen MR) is 122 cm³/mol.